The number of nitrogens with zero attached hydrogens (tertiary/aromatic N) is 1. The van der Waals surface area contributed by atoms with Crippen molar-refractivity contribution in [2.75, 3.05) is 26.3 Å². The molecule has 0 spiro atoms. The molecule has 0 amide bonds. The summed E-state index contributed by atoms with van der Waals surface area (Å²) in [5.74, 6) is 0.907. The third-order valence-corrected chi connectivity index (χ3v) is 3.89. The van der Waals surface area contributed by atoms with Gasteiger partial charge in [0.15, 0.2) is 0 Å². The van der Waals surface area contributed by atoms with E-state index in [-0.39, 0.29) is 6.61 Å². The van der Waals surface area contributed by atoms with Gasteiger partial charge in [0.05, 0.1) is 23.9 Å². The summed E-state index contributed by atoms with van der Waals surface area (Å²) in [6.45, 7) is 4.51. The van der Waals surface area contributed by atoms with E-state index in [1.54, 1.807) is 11.3 Å². The van der Waals surface area contributed by atoms with Gasteiger partial charge in [-0.1, -0.05) is 6.92 Å². The molecule has 0 radical (unpaired) electrons. The molecule has 0 bridgehead atoms. The van der Waals surface area contributed by atoms with Gasteiger partial charge in [0.2, 0.25) is 0 Å². The third-order valence-electron chi connectivity index (χ3n) is 2.98. The van der Waals surface area contributed by atoms with Crippen molar-refractivity contribution < 1.29 is 9.84 Å². The molecular weight excluding hydrogens is 284 g/mol. The van der Waals surface area contributed by atoms with Crippen LogP contribution in [0, 0.1) is 0 Å². The summed E-state index contributed by atoms with van der Waals surface area (Å²) in [5.41, 5.74) is 2.13. The molecule has 2 N–H and O–H groups in total. The Bertz CT molecular complexity index is 525. The van der Waals surface area contributed by atoms with Gasteiger partial charge in [0.25, 0.3) is 0 Å². The molecule has 0 unspecified atom stereocenters. The van der Waals surface area contributed by atoms with E-state index in [2.05, 4.69) is 22.6 Å². The van der Waals surface area contributed by atoms with Gasteiger partial charge in [-0.2, -0.15) is 0 Å². The maximum Gasteiger partial charge on any atom is 0.119 e. The smallest absolute Gasteiger partial charge is 0.119 e. The summed E-state index contributed by atoms with van der Waals surface area (Å²) >= 11 is 1.68. The first-order valence-corrected chi connectivity index (χ1v) is 8.20. The monoisotopic (exact) mass is 306 g/mol. The quantitative estimate of drug-likeness (QED) is 0.700. The maximum absolute atomic E-state index is 8.71. The van der Waals surface area contributed by atoms with E-state index >= 15 is 0 Å². The lowest BCUT2D eigenvalue weighted by molar-refractivity contribution is 0.293. The Morgan fingerprint density at radius 3 is 2.76 bits per heavy atom. The van der Waals surface area contributed by atoms with Crippen LogP contribution < -0.4 is 10.1 Å². The van der Waals surface area contributed by atoms with Crippen molar-refractivity contribution in [1.29, 1.82) is 0 Å². The zero-order valence-electron chi connectivity index (χ0n) is 12.3. The fourth-order valence-electron chi connectivity index (χ4n) is 1.90. The number of hydrogen-bond acceptors (Lipinski definition) is 5. The predicted molar refractivity (Wildman–Crippen MR) is 87.0 cm³/mol. The van der Waals surface area contributed by atoms with Crippen LogP contribution in [-0.4, -0.2) is 36.4 Å². The normalized spacial score (nSPS) is 10.8. The number of thiazole rings is 1. The number of aliphatic hydroxyl groups is 1. The first-order valence-electron chi connectivity index (χ1n) is 7.32. The van der Waals surface area contributed by atoms with Crippen molar-refractivity contribution >= 4 is 11.3 Å². The van der Waals surface area contributed by atoms with E-state index in [4.69, 9.17) is 9.84 Å². The number of rotatable bonds is 9. The molecule has 0 saturated heterocycles. The highest BCUT2D eigenvalue weighted by atomic mass is 32.1. The molecule has 114 valence electrons. The van der Waals surface area contributed by atoms with Gasteiger partial charge in [0, 0.05) is 30.5 Å². The van der Waals surface area contributed by atoms with Crippen LogP contribution in [0.4, 0.5) is 0 Å². The molecule has 1 aromatic heterocycles. The van der Waals surface area contributed by atoms with Crippen LogP contribution in [0.5, 0.6) is 5.75 Å². The highest BCUT2D eigenvalue weighted by Gasteiger charge is 2.05. The molecule has 0 aliphatic carbocycles. The van der Waals surface area contributed by atoms with E-state index < -0.39 is 0 Å². The number of aromatic nitrogens is 1. The standard InChI is InChI=1S/C16H22N2O2S/c1-2-11-20-14-5-3-13(4-6-14)15-12-21-16(18-15)7-8-17-9-10-19/h3-6,12,17,19H,2,7-11H2,1H3. The highest BCUT2D eigenvalue weighted by molar-refractivity contribution is 7.09. The minimum absolute atomic E-state index is 0.176. The summed E-state index contributed by atoms with van der Waals surface area (Å²) in [7, 11) is 0. The van der Waals surface area contributed by atoms with Gasteiger partial charge in [-0.15, -0.1) is 11.3 Å². The Hall–Kier alpha value is -1.43. The number of aliphatic hydroxyl groups excluding tert-OH is 1. The SMILES string of the molecule is CCCOc1ccc(-c2csc(CCNCCO)n2)cc1. The van der Waals surface area contributed by atoms with Crippen molar-refractivity contribution in [3.05, 3.63) is 34.7 Å². The fraction of sp³-hybridized carbons (Fsp3) is 0.438. The average molecular weight is 306 g/mol. The Morgan fingerprint density at radius 1 is 1.24 bits per heavy atom. The highest BCUT2D eigenvalue weighted by Crippen LogP contribution is 2.24. The topological polar surface area (TPSA) is 54.4 Å². The molecule has 0 atom stereocenters. The van der Waals surface area contributed by atoms with Crippen LogP contribution in [0.3, 0.4) is 0 Å². The van der Waals surface area contributed by atoms with E-state index in [0.717, 1.165) is 48.0 Å². The van der Waals surface area contributed by atoms with Gasteiger partial charge >= 0.3 is 0 Å². The first-order chi connectivity index (χ1) is 10.3. The van der Waals surface area contributed by atoms with Crippen molar-refractivity contribution in [2.24, 2.45) is 0 Å². The third kappa shape index (κ3) is 5.12. The Morgan fingerprint density at radius 2 is 2.05 bits per heavy atom. The maximum atomic E-state index is 8.71. The van der Waals surface area contributed by atoms with Crippen LogP contribution in [0.1, 0.15) is 18.4 Å². The summed E-state index contributed by atoms with van der Waals surface area (Å²) in [6, 6.07) is 8.08. The molecule has 1 heterocycles. The van der Waals surface area contributed by atoms with Gasteiger partial charge in [-0.25, -0.2) is 4.98 Å². The Labute approximate surface area is 129 Å². The second-order valence-electron chi connectivity index (χ2n) is 4.72. The predicted octanol–water partition coefficient (Wildman–Crippen LogP) is 2.72. The zero-order valence-corrected chi connectivity index (χ0v) is 13.2. The second kappa shape index (κ2) is 8.77. The minimum atomic E-state index is 0.176. The van der Waals surface area contributed by atoms with Crippen LogP contribution in [0.15, 0.2) is 29.6 Å². The van der Waals surface area contributed by atoms with Crippen molar-refractivity contribution in [3.63, 3.8) is 0 Å². The summed E-state index contributed by atoms with van der Waals surface area (Å²) < 4.78 is 5.58. The average Bonchev–Trinajstić information content (AvgIpc) is 2.99. The van der Waals surface area contributed by atoms with E-state index in [9.17, 15) is 0 Å². The number of ether oxygens (including phenoxy) is 1. The lowest BCUT2D eigenvalue weighted by Crippen LogP contribution is -2.20. The molecule has 0 aliphatic rings. The summed E-state index contributed by atoms with van der Waals surface area (Å²) in [4.78, 5) is 4.65. The lowest BCUT2D eigenvalue weighted by atomic mass is 10.2. The van der Waals surface area contributed by atoms with Crippen LogP contribution in [-0.2, 0) is 6.42 Å². The van der Waals surface area contributed by atoms with Crippen molar-refractivity contribution in [2.45, 2.75) is 19.8 Å². The lowest BCUT2D eigenvalue weighted by Gasteiger charge is -2.04. The van der Waals surface area contributed by atoms with Gasteiger partial charge in [0.1, 0.15) is 5.75 Å². The second-order valence-corrected chi connectivity index (χ2v) is 5.67. The van der Waals surface area contributed by atoms with Crippen LogP contribution in [0.2, 0.25) is 0 Å². The molecule has 0 saturated carbocycles. The van der Waals surface area contributed by atoms with Gasteiger partial charge in [-0.05, 0) is 30.7 Å². The largest absolute Gasteiger partial charge is 0.494 e. The molecule has 2 rings (SSSR count). The molecule has 1 aromatic carbocycles. The van der Waals surface area contributed by atoms with Crippen molar-refractivity contribution in [3.8, 4) is 17.0 Å². The molecule has 0 fully saturated rings. The molecular formula is C16H22N2O2S. The zero-order chi connectivity index (χ0) is 14.9. The number of benzene rings is 1. The summed E-state index contributed by atoms with van der Waals surface area (Å²) in [5, 5.41) is 15.1. The Kier molecular flexibility index (Phi) is 6.66. The molecule has 2 aromatic rings. The van der Waals surface area contributed by atoms with Crippen LogP contribution >= 0.6 is 11.3 Å². The minimum Gasteiger partial charge on any atom is -0.494 e. The number of hydrogen-bond donors (Lipinski definition) is 2. The van der Waals surface area contributed by atoms with Crippen LogP contribution in [0.25, 0.3) is 11.3 Å². The van der Waals surface area contributed by atoms with E-state index in [0.29, 0.717) is 6.54 Å². The molecule has 5 heteroatoms. The van der Waals surface area contributed by atoms with Gasteiger partial charge in [-0.3, -0.25) is 0 Å². The van der Waals surface area contributed by atoms with Crippen molar-refractivity contribution in [1.82, 2.24) is 10.3 Å². The van der Waals surface area contributed by atoms with E-state index in [1.807, 2.05) is 24.3 Å². The molecule has 21 heavy (non-hydrogen) atoms. The first kappa shape index (κ1) is 15.9. The van der Waals surface area contributed by atoms with Gasteiger partial charge < -0.3 is 15.2 Å². The van der Waals surface area contributed by atoms with E-state index in [1.165, 1.54) is 0 Å². The fourth-order valence-corrected chi connectivity index (χ4v) is 2.71. The number of nitrogens with one attached hydrogen (secondary N) is 1. The Balaban J connectivity index is 1.91. The molecule has 4 nitrogen and oxygen atoms in total. The summed E-state index contributed by atoms with van der Waals surface area (Å²) in [6.07, 6.45) is 1.91. The molecule has 0 aliphatic heterocycles.